The third-order valence-electron chi connectivity index (χ3n) is 5.14. The molecule has 0 aliphatic carbocycles. The molecular formula is C25H30N4O2S. The van der Waals surface area contributed by atoms with Crippen molar-refractivity contribution in [3.8, 4) is 6.07 Å². The number of carbonyl (C=O) groups excluding carboxylic acids is 2. The zero-order chi connectivity index (χ0) is 23.1. The average Bonchev–Trinajstić information content (AvgIpc) is 2.77. The molecule has 1 N–H and O–H groups in total. The molecular weight excluding hydrogens is 420 g/mol. The van der Waals surface area contributed by atoms with Crippen LogP contribution in [0, 0.1) is 11.3 Å². The number of piperazine rings is 1. The Morgan fingerprint density at radius 3 is 2.31 bits per heavy atom. The van der Waals surface area contributed by atoms with Crippen LogP contribution in [0.15, 0.2) is 53.4 Å². The van der Waals surface area contributed by atoms with Gasteiger partial charge in [0.1, 0.15) is 0 Å². The standard InChI is InChI=1S/C25H30N4O2S/c1-25(2,3)27-23(30)17-28-12-14-29(15-13-28)24(31)21-6-4-5-7-22(21)32-18-20-10-8-19(16-26)9-11-20/h4-11H,12-15,17-18H2,1-3H3,(H,27,30). The summed E-state index contributed by atoms with van der Waals surface area (Å²) in [6.07, 6.45) is 0. The number of nitrogens with zero attached hydrogens (tertiary/aromatic N) is 3. The Morgan fingerprint density at radius 2 is 1.69 bits per heavy atom. The number of rotatable bonds is 6. The minimum absolute atomic E-state index is 0.0156. The minimum atomic E-state index is -0.242. The summed E-state index contributed by atoms with van der Waals surface area (Å²) in [5.74, 6) is 0.778. The second-order valence-electron chi connectivity index (χ2n) is 8.96. The Labute approximate surface area is 194 Å². The molecule has 2 aromatic rings. The number of hydrogen-bond donors (Lipinski definition) is 1. The van der Waals surface area contributed by atoms with Crippen LogP contribution < -0.4 is 5.32 Å². The summed E-state index contributed by atoms with van der Waals surface area (Å²) < 4.78 is 0. The average molecular weight is 451 g/mol. The normalized spacial score (nSPS) is 14.6. The highest BCUT2D eigenvalue weighted by Crippen LogP contribution is 2.27. The van der Waals surface area contributed by atoms with Gasteiger partial charge in [-0.25, -0.2) is 0 Å². The number of thioether (sulfide) groups is 1. The molecule has 1 saturated heterocycles. The van der Waals surface area contributed by atoms with E-state index in [0.29, 0.717) is 43.9 Å². The number of hydrogen-bond acceptors (Lipinski definition) is 5. The maximum atomic E-state index is 13.2. The fourth-order valence-electron chi connectivity index (χ4n) is 3.55. The fourth-order valence-corrected chi connectivity index (χ4v) is 4.55. The molecule has 0 unspecified atom stereocenters. The molecule has 0 bridgehead atoms. The molecule has 0 spiro atoms. The van der Waals surface area contributed by atoms with E-state index in [-0.39, 0.29) is 17.4 Å². The quantitative estimate of drug-likeness (QED) is 0.682. The van der Waals surface area contributed by atoms with Gasteiger partial charge in [-0.15, -0.1) is 11.8 Å². The first-order chi connectivity index (χ1) is 15.2. The lowest BCUT2D eigenvalue weighted by molar-refractivity contribution is -0.124. The van der Waals surface area contributed by atoms with E-state index in [1.807, 2.05) is 74.2 Å². The maximum absolute atomic E-state index is 13.2. The van der Waals surface area contributed by atoms with Crippen LogP contribution in [0.25, 0.3) is 0 Å². The smallest absolute Gasteiger partial charge is 0.255 e. The van der Waals surface area contributed by atoms with Crippen LogP contribution in [-0.2, 0) is 10.5 Å². The van der Waals surface area contributed by atoms with Crippen molar-refractivity contribution in [2.24, 2.45) is 0 Å². The van der Waals surface area contributed by atoms with E-state index in [0.717, 1.165) is 16.2 Å². The predicted molar refractivity (Wildman–Crippen MR) is 127 cm³/mol. The van der Waals surface area contributed by atoms with Gasteiger partial charge in [0.15, 0.2) is 0 Å². The molecule has 2 amide bonds. The van der Waals surface area contributed by atoms with E-state index in [4.69, 9.17) is 5.26 Å². The topological polar surface area (TPSA) is 76.4 Å². The van der Waals surface area contributed by atoms with Crippen molar-refractivity contribution in [3.63, 3.8) is 0 Å². The van der Waals surface area contributed by atoms with Gasteiger partial charge >= 0.3 is 0 Å². The molecule has 32 heavy (non-hydrogen) atoms. The van der Waals surface area contributed by atoms with Crippen LogP contribution >= 0.6 is 11.8 Å². The third kappa shape index (κ3) is 6.84. The van der Waals surface area contributed by atoms with Gasteiger partial charge in [-0.3, -0.25) is 14.5 Å². The molecule has 168 valence electrons. The molecule has 6 nitrogen and oxygen atoms in total. The van der Waals surface area contributed by atoms with Gasteiger partial charge < -0.3 is 10.2 Å². The highest BCUT2D eigenvalue weighted by molar-refractivity contribution is 7.98. The van der Waals surface area contributed by atoms with E-state index >= 15 is 0 Å². The van der Waals surface area contributed by atoms with E-state index in [1.54, 1.807) is 11.8 Å². The molecule has 1 fully saturated rings. The summed E-state index contributed by atoms with van der Waals surface area (Å²) in [6, 6.07) is 17.4. The lowest BCUT2D eigenvalue weighted by Gasteiger charge is -2.35. The van der Waals surface area contributed by atoms with Gasteiger partial charge in [0.25, 0.3) is 5.91 Å². The summed E-state index contributed by atoms with van der Waals surface area (Å²) in [5, 5.41) is 11.9. The highest BCUT2D eigenvalue weighted by atomic mass is 32.2. The largest absolute Gasteiger partial charge is 0.350 e. The van der Waals surface area contributed by atoms with Crippen molar-refractivity contribution in [3.05, 3.63) is 65.2 Å². The monoisotopic (exact) mass is 450 g/mol. The minimum Gasteiger partial charge on any atom is -0.350 e. The zero-order valence-corrected chi connectivity index (χ0v) is 19.7. The van der Waals surface area contributed by atoms with Crippen molar-refractivity contribution in [1.29, 1.82) is 5.26 Å². The van der Waals surface area contributed by atoms with Crippen LogP contribution in [-0.4, -0.2) is 59.9 Å². The first kappa shape index (κ1) is 23.8. The van der Waals surface area contributed by atoms with E-state index < -0.39 is 0 Å². The van der Waals surface area contributed by atoms with Crippen molar-refractivity contribution >= 4 is 23.6 Å². The molecule has 0 radical (unpaired) electrons. The summed E-state index contributed by atoms with van der Waals surface area (Å²) in [6.45, 7) is 8.85. The Bertz CT molecular complexity index is 984. The highest BCUT2D eigenvalue weighted by Gasteiger charge is 2.25. The van der Waals surface area contributed by atoms with E-state index in [9.17, 15) is 9.59 Å². The van der Waals surface area contributed by atoms with Crippen molar-refractivity contribution in [2.75, 3.05) is 32.7 Å². The lowest BCUT2D eigenvalue weighted by Crippen LogP contribution is -2.52. The molecule has 7 heteroatoms. The van der Waals surface area contributed by atoms with Crippen LogP contribution in [0.4, 0.5) is 0 Å². The lowest BCUT2D eigenvalue weighted by atomic mass is 10.1. The van der Waals surface area contributed by atoms with Gasteiger partial charge in [0.2, 0.25) is 5.91 Å². The molecule has 3 rings (SSSR count). The van der Waals surface area contributed by atoms with Crippen LogP contribution in [0.3, 0.4) is 0 Å². The Hall–Kier alpha value is -2.82. The Balaban J connectivity index is 1.56. The molecule has 1 heterocycles. The van der Waals surface area contributed by atoms with Gasteiger partial charge in [-0.2, -0.15) is 5.26 Å². The second kappa shape index (κ2) is 10.7. The predicted octanol–water partition coefficient (Wildman–Crippen LogP) is 3.52. The number of amides is 2. The van der Waals surface area contributed by atoms with Gasteiger partial charge in [0.05, 0.1) is 23.7 Å². The number of nitrogens with one attached hydrogen (secondary N) is 1. The summed E-state index contributed by atoms with van der Waals surface area (Å²) in [5.41, 5.74) is 2.22. The Morgan fingerprint density at radius 1 is 1.03 bits per heavy atom. The molecule has 0 saturated carbocycles. The van der Waals surface area contributed by atoms with Crippen LogP contribution in [0.5, 0.6) is 0 Å². The fraction of sp³-hybridized carbons (Fsp3) is 0.400. The molecule has 1 aliphatic heterocycles. The summed E-state index contributed by atoms with van der Waals surface area (Å²) >= 11 is 1.63. The molecule has 0 atom stereocenters. The molecule has 2 aromatic carbocycles. The number of benzene rings is 2. The Kier molecular flexibility index (Phi) is 7.94. The van der Waals surface area contributed by atoms with Gasteiger partial charge in [0, 0.05) is 42.4 Å². The van der Waals surface area contributed by atoms with E-state index in [2.05, 4.69) is 16.3 Å². The molecule has 0 aromatic heterocycles. The summed E-state index contributed by atoms with van der Waals surface area (Å²) in [4.78, 5) is 30.3. The van der Waals surface area contributed by atoms with Crippen LogP contribution in [0.2, 0.25) is 0 Å². The van der Waals surface area contributed by atoms with Gasteiger partial charge in [-0.05, 0) is 50.6 Å². The van der Waals surface area contributed by atoms with Crippen LogP contribution in [0.1, 0.15) is 42.3 Å². The van der Waals surface area contributed by atoms with E-state index in [1.165, 1.54) is 0 Å². The number of carbonyl (C=O) groups is 2. The van der Waals surface area contributed by atoms with Gasteiger partial charge in [-0.1, -0.05) is 24.3 Å². The van der Waals surface area contributed by atoms with Crippen molar-refractivity contribution in [1.82, 2.24) is 15.1 Å². The van der Waals surface area contributed by atoms with Crippen molar-refractivity contribution in [2.45, 2.75) is 37.0 Å². The molecule has 1 aliphatic rings. The maximum Gasteiger partial charge on any atom is 0.255 e. The number of nitriles is 1. The third-order valence-corrected chi connectivity index (χ3v) is 6.28. The SMILES string of the molecule is CC(C)(C)NC(=O)CN1CCN(C(=O)c2ccccc2SCc2ccc(C#N)cc2)CC1. The van der Waals surface area contributed by atoms with Crippen molar-refractivity contribution < 1.29 is 9.59 Å². The second-order valence-corrected chi connectivity index (χ2v) is 9.98. The zero-order valence-electron chi connectivity index (χ0n) is 18.9. The summed E-state index contributed by atoms with van der Waals surface area (Å²) in [7, 11) is 0. The first-order valence-electron chi connectivity index (χ1n) is 10.8. The first-order valence-corrected chi connectivity index (χ1v) is 11.8.